The summed E-state index contributed by atoms with van der Waals surface area (Å²) in [6, 6.07) is 7.05. The Kier molecular flexibility index (Phi) is 5.47. The Morgan fingerprint density at radius 3 is 2.29 bits per heavy atom. The van der Waals surface area contributed by atoms with Crippen molar-refractivity contribution in [2.45, 2.75) is 6.42 Å². The average Bonchev–Trinajstić information content (AvgIpc) is 2.49. The third kappa shape index (κ3) is 4.37. The molecule has 0 amide bonds. The second-order valence-electron chi connectivity index (χ2n) is 4.19. The van der Waals surface area contributed by atoms with Gasteiger partial charge in [-0.25, -0.2) is 0 Å². The summed E-state index contributed by atoms with van der Waals surface area (Å²) in [5.74, 6) is 1.32. The third-order valence-corrected chi connectivity index (χ3v) is 3.38. The predicted octanol–water partition coefficient (Wildman–Crippen LogP) is 3.46. The van der Waals surface area contributed by atoms with Gasteiger partial charge in [-0.3, -0.25) is 0 Å². The van der Waals surface area contributed by atoms with Crippen LogP contribution in [0.4, 0.5) is 5.95 Å². The monoisotopic (exact) mass is 327 g/mol. The van der Waals surface area contributed by atoms with Crippen molar-refractivity contribution in [3.8, 4) is 11.8 Å². The fourth-order valence-electron chi connectivity index (χ4n) is 1.73. The second-order valence-corrected chi connectivity index (χ2v) is 5.03. The van der Waals surface area contributed by atoms with Gasteiger partial charge in [-0.05, 0) is 24.1 Å². The minimum atomic E-state index is 0.439. The van der Waals surface area contributed by atoms with E-state index in [4.69, 9.17) is 32.7 Å². The highest BCUT2D eigenvalue weighted by Gasteiger charge is 2.06. The van der Waals surface area contributed by atoms with Crippen molar-refractivity contribution in [1.82, 2.24) is 9.97 Å². The van der Waals surface area contributed by atoms with Gasteiger partial charge in [-0.2, -0.15) is 9.97 Å². The highest BCUT2D eigenvalue weighted by Crippen LogP contribution is 2.22. The highest BCUT2D eigenvalue weighted by molar-refractivity contribution is 6.35. The first-order valence-corrected chi connectivity index (χ1v) is 7.03. The van der Waals surface area contributed by atoms with E-state index in [-0.39, 0.29) is 0 Å². The van der Waals surface area contributed by atoms with E-state index in [0.717, 1.165) is 12.0 Å². The van der Waals surface area contributed by atoms with E-state index in [0.29, 0.717) is 34.3 Å². The number of halogens is 2. The molecule has 112 valence electrons. The summed E-state index contributed by atoms with van der Waals surface area (Å²) in [7, 11) is 3.08. The smallest absolute Gasteiger partial charge is 0.229 e. The van der Waals surface area contributed by atoms with E-state index in [1.165, 1.54) is 0 Å². The number of rotatable bonds is 6. The summed E-state index contributed by atoms with van der Waals surface area (Å²) >= 11 is 12.0. The third-order valence-electron chi connectivity index (χ3n) is 2.79. The zero-order valence-corrected chi connectivity index (χ0v) is 13.2. The molecule has 5 nitrogen and oxygen atoms in total. The normalized spacial score (nSPS) is 10.3. The van der Waals surface area contributed by atoms with Crippen molar-refractivity contribution < 1.29 is 9.47 Å². The number of ether oxygens (including phenoxy) is 2. The molecule has 0 bridgehead atoms. The summed E-state index contributed by atoms with van der Waals surface area (Å²) < 4.78 is 10.2. The van der Waals surface area contributed by atoms with Crippen molar-refractivity contribution >= 4 is 29.2 Å². The van der Waals surface area contributed by atoms with Crippen LogP contribution in [-0.2, 0) is 6.42 Å². The van der Waals surface area contributed by atoms with Gasteiger partial charge in [0.05, 0.1) is 20.3 Å². The van der Waals surface area contributed by atoms with Crippen molar-refractivity contribution in [3.63, 3.8) is 0 Å². The number of anilines is 1. The molecule has 0 unspecified atom stereocenters. The van der Waals surface area contributed by atoms with Crippen LogP contribution in [0.25, 0.3) is 0 Å². The summed E-state index contributed by atoms with van der Waals surface area (Å²) in [5, 5.41) is 4.38. The van der Waals surface area contributed by atoms with Crippen molar-refractivity contribution in [3.05, 3.63) is 39.9 Å². The standard InChI is InChI=1S/C14H15Cl2N3O2/c1-20-12-8-13(21-2)19-14(18-12)17-6-5-9-3-4-10(15)7-11(9)16/h3-4,7-8H,5-6H2,1-2H3,(H,17,18,19). The van der Waals surface area contributed by atoms with Crippen LogP contribution in [-0.4, -0.2) is 30.7 Å². The fraction of sp³-hybridized carbons (Fsp3) is 0.286. The Labute approximate surface area is 133 Å². The van der Waals surface area contributed by atoms with Gasteiger partial charge in [-0.15, -0.1) is 0 Å². The Balaban J connectivity index is 1.99. The molecule has 0 radical (unpaired) electrons. The number of hydrogen-bond donors (Lipinski definition) is 1. The molecule has 1 aromatic heterocycles. The van der Waals surface area contributed by atoms with E-state index in [2.05, 4.69) is 15.3 Å². The molecule has 0 saturated carbocycles. The van der Waals surface area contributed by atoms with Gasteiger partial charge in [0.2, 0.25) is 17.7 Å². The minimum Gasteiger partial charge on any atom is -0.481 e. The number of nitrogens with zero attached hydrogens (tertiary/aromatic N) is 2. The van der Waals surface area contributed by atoms with Crippen molar-refractivity contribution in [1.29, 1.82) is 0 Å². The Morgan fingerprint density at radius 1 is 1.05 bits per heavy atom. The fourth-order valence-corrected chi connectivity index (χ4v) is 2.23. The van der Waals surface area contributed by atoms with Crippen LogP contribution in [0.2, 0.25) is 10.0 Å². The van der Waals surface area contributed by atoms with Gasteiger partial charge in [0.25, 0.3) is 0 Å². The quantitative estimate of drug-likeness (QED) is 0.880. The lowest BCUT2D eigenvalue weighted by Crippen LogP contribution is -2.09. The lowest BCUT2D eigenvalue weighted by Gasteiger charge is -2.09. The Hall–Kier alpha value is -1.72. The van der Waals surface area contributed by atoms with Crippen LogP contribution in [0.3, 0.4) is 0 Å². The molecular formula is C14H15Cl2N3O2. The molecule has 0 aliphatic rings. The summed E-state index contributed by atoms with van der Waals surface area (Å²) in [4.78, 5) is 8.38. The molecular weight excluding hydrogens is 313 g/mol. The van der Waals surface area contributed by atoms with Gasteiger partial charge >= 0.3 is 0 Å². The first-order valence-electron chi connectivity index (χ1n) is 6.27. The molecule has 7 heteroatoms. The predicted molar refractivity (Wildman–Crippen MR) is 83.8 cm³/mol. The zero-order chi connectivity index (χ0) is 15.2. The van der Waals surface area contributed by atoms with Crippen molar-refractivity contribution in [2.75, 3.05) is 26.1 Å². The number of hydrogen-bond acceptors (Lipinski definition) is 5. The molecule has 21 heavy (non-hydrogen) atoms. The second kappa shape index (κ2) is 7.33. The maximum absolute atomic E-state index is 6.12. The summed E-state index contributed by atoms with van der Waals surface area (Å²) in [5.41, 5.74) is 1.00. The van der Waals surface area contributed by atoms with Crippen LogP contribution >= 0.6 is 23.2 Å². The number of nitrogens with one attached hydrogen (secondary N) is 1. The first-order chi connectivity index (χ1) is 10.1. The molecule has 0 saturated heterocycles. The molecule has 0 fully saturated rings. The highest BCUT2D eigenvalue weighted by atomic mass is 35.5. The van der Waals surface area contributed by atoms with E-state index >= 15 is 0 Å². The lowest BCUT2D eigenvalue weighted by molar-refractivity contribution is 0.373. The van der Waals surface area contributed by atoms with Crippen LogP contribution in [0.15, 0.2) is 24.3 Å². The van der Waals surface area contributed by atoms with Crippen molar-refractivity contribution in [2.24, 2.45) is 0 Å². The number of aromatic nitrogens is 2. The van der Waals surface area contributed by atoms with Crippen LogP contribution < -0.4 is 14.8 Å². The summed E-state index contributed by atoms with van der Waals surface area (Å²) in [6.07, 6.45) is 0.721. The molecule has 0 aliphatic heterocycles. The SMILES string of the molecule is COc1cc(OC)nc(NCCc2ccc(Cl)cc2Cl)n1. The van der Waals surface area contributed by atoms with Gasteiger partial charge in [0, 0.05) is 16.6 Å². The Bertz CT molecular complexity index is 601. The van der Waals surface area contributed by atoms with Crippen LogP contribution in [0.5, 0.6) is 11.8 Å². The largest absolute Gasteiger partial charge is 0.481 e. The maximum atomic E-state index is 6.12. The number of benzene rings is 1. The van der Waals surface area contributed by atoms with Gasteiger partial charge in [0.15, 0.2) is 0 Å². The van der Waals surface area contributed by atoms with E-state index < -0.39 is 0 Å². The molecule has 1 aromatic carbocycles. The topological polar surface area (TPSA) is 56.3 Å². The zero-order valence-electron chi connectivity index (χ0n) is 11.7. The molecule has 2 rings (SSSR count). The molecule has 0 atom stereocenters. The van der Waals surface area contributed by atoms with Gasteiger partial charge in [0.1, 0.15) is 0 Å². The lowest BCUT2D eigenvalue weighted by atomic mass is 10.1. The minimum absolute atomic E-state index is 0.439. The van der Waals surface area contributed by atoms with Gasteiger partial charge in [-0.1, -0.05) is 29.3 Å². The molecule has 1 N–H and O–H groups in total. The molecule has 0 spiro atoms. The Morgan fingerprint density at radius 2 is 1.71 bits per heavy atom. The first kappa shape index (κ1) is 15.7. The van der Waals surface area contributed by atoms with Crippen LogP contribution in [0.1, 0.15) is 5.56 Å². The van der Waals surface area contributed by atoms with E-state index in [9.17, 15) is 0 Å². The summed E-state index contributed by atoms with van der Waals surface area (Å²) in [6.45, 7) is 0.623. The molecule has 0 aliphatic carbocycles. The van der Waals surface area contributed by atoms with E-state index in [1.807, 2.05) is 12.1 Å². The van der Waals surface area contributed by atoms with Crippen LogP contribution in [0, 0.1) is 0 Å². The molecule has 1 heterocycles. The molecule has 2 aromatic rings. The number of methoxy groups -OCH3 is 2. The van der Waals surface area contributed by atoms with Gasteiger partial charge < -0.3 is 14.8 Å². The average molecular weight is 328 g/mol. The maximum Gasteiger partial charge on any atom is 0.229 e. The van der Waals surface area contributed by atoms with E-state index in [1.54, 1.807) is 26.4 Å².